The molecule has 1 aliphatic rings. The molecule has 4 aromatic heterocycles. The van der Waals surface area contributed by atoms with Gasteiger partial charge in [-0.1, -0.05) is 24.3 Å². The summed E-state index contributed by atoms with van der Waals surface area (Å²) in [6.07, 6.45) is 1.46. The number of furan rings is 2. The fourth-order valence-corrected chi connectivity index (χ4v) is 6.82. The average molecular weight is 550 g/mol. The highest BCUT2D eigenvalue weighted by atomic mass is 32.2. The van der Waals surface area contributed by atoms with E-state index in [0.29, 0.717) is 16.4 Å². The van der Waals surface area contributed by atoms with Crippen molar-refractivity contribution in [2.24, 2.45) is 0 Å². The van der Waals surface area contributed by atoms with E-state index in [1.165, 1.54) is 25.4 Å². The molecule has 192 valence electrons. The summed E-state index contributed by atoms with van der Waals surface area (Å²) < 4.78 is 43.9. The summed E-state index contributed by atoms with van der Waals surface area (Å²) in [6.45, 7) is 0.116. The molecule has 2 N–H and O–H groups in total. The van der Waals surface area contributed by atoms with Crippen LogP contribution in [-0.2, 0) is 21.4 Å². The van der Waals surface area contributed by atoms with Gasteiger partial charge < -0.3 is 24.0 Å². The molecule has 0 aliphatic carbocycles. The number of pyridine rings is 1. The van der Waals surface area contributed by atoms with Gasteiger partial charge in [-0.3, -0.25) is 9.10 Å². The number of carbonyl (C=O) groups excluding carboxylic acids is 1. The second-order valence-corrected chi connectivity index (χ2v) is 11.3. The van der Waals surface area contributed by atoms with Crippen LogP contribution < -0.4 is 10.1 Å². The van der Waals surface area contributed by atoms with E-state index in [4.69, 9.17) is 13.6 Å². The number of aromatic nitrogens is 1. The summed E-state index contributed by atoms with van der Waals surface area (Å²) in [5.41, 5.74) is 0.311. The third kappa shape index (κ3) is 4.09. The summed E-state index contributed by atoms with van der Waals surface area (Å²) in [5, 5.41) is 14.4. The van der Waals surface area contributed by atoms with E-state index in [2.05, 4.69) is 10.3 Å². The molecular weight excluding hydrogens is 530 g/mol. The first kappa shape index (κ1) is 23.8. The molecule has 0 unspecified atom stereocenters. The van der Waals surface area contributed by atoms with Gasteiger partial charge >= 0.3 is 0 Å². The monoisotopic (exact) mass is 549 g/mol. The number of carbonyl (C=O) groups is 1. The number of anilines is 1. The van der Waals surface area contributed by atoms with E-state index in [1.54, 1.807) is 24.3 Å². The smallest absolute Gasteiger partial charge is 0.278 e. The number of fused-ring (bicyclic) bond motifs is 2. The number of likely N-dealkylation sites (N-methyl/N-ethyl adjacent to an activating group) is 1. The van der Waals surface area contributed by atoms with Crippen LogP contribution in [0.4, 0.5) is 5.82 Å². The summed E-state index contributed by atoms with van der Waals surface area (Å²) in [4.78, 5) is 17.9. The maximum atomic E-state index is 13.2. The van der Waals surface area contributed by atoms with Crippen molar-refractivity contribution in [3.8, 4) is 16.5 Å². The van der Waals surface area contributed by atoms with E-state index in [-0.39, 0.29) is 28.1 Å². The number of thiophene rings is 1. The lowest BCUT2D eigenvalue weighted by Gasteiger charge is -2.26. The largest absolute Gasteiger partial charge is 0.504 e. The maximum absolute atomic E-state index is 13.2. The molecule has 0 bridgehead atoms. The number of hydrogen-bond acceptors (Lipinski definition) is 9. The Morgan fingerprint density at radius 1 is 1.13 bits per heavy atom. The van der Waals surface area contributed by atoms with Crippen LogP contribution in [0.3, 0.4) is 0 Å². The minimum atomic E-state index is -4.10. The zero-order valence-corrected chi connectivity index (χ0v) is 21.4. The van der Waals surface area contributed by atoms with Gasteiger partial charge in [0.1, 0.15) is 34.4 Å². The molecule has 0 radical (unpaired) electrons. The Morgan fingerprint density at radius 2 is 1.97 bits per heavy atom. The molecule has 5 aromatic rings. The van der Waals surface area contributed by atoms with E-state index in [1.807, 2.05) is 30.3 Å². The van der Waals surface area contributed by atoms with Crippen LogP contribution in [0, 0.1) is 0 Å². The second kappa shape index (κ2) is 9.08. The Hall–Kier alpha value is -4.55. The quantitative estimate of drug-likeness (QED) is 0.294. The zero-order chi connectivity index (χ0) is 26.4. The SMILES string of the molecule is CN1C(C(=O)Nc2cccc(OCc3cc4ccccc4o3)n2)=C(O)c2sc(-c3ccco3)cc2S1(=O)=O. The van der Waals surface area contributed by atoms with Crippen molar-refractivity contribution >= 4 is 49.8 Å². The van der Waals surface area contributed by atoms with Crippen molar-refractivity contribution in [1.82, 2.24) is 9.29 Å². The number of hydrogen-bond donors (Lipinski definition) is 2. The zero-order valence-electron chi connectivity index (χ0n) is 19.7. The fourth-order valence-electron chi connectivity index (χ4n) is 4.04. The lowest BCUT2D eigenvalue weighted by molar-refractivity contribution is -0.113. The topological polar surface area (TPSA) is 135 Å². The normalized spacial score (nSPS) is 14.5. The summed E-state index contributed by atoms with van der Waals surface area (Å²) in [5.74, 6) is 0.0622. The number of rotatable bonds is 6. The number of ether oxygens (including phenoxy) is 1. The maximum Gasteiger partial charge on any atom is 0.278 e. The van der Waals surface area contributed by atoms with Crippen molar-refractivity contribution in [2.45, 2.75) is 11.5 Å². The summed E-state index contributed by atoms with van der Waals surface area (Å²) in [7, 11) is -2.90. The van der Waals surface area contributed by atoms with Gasteiger partial charge in [-0.15, -0.1) is 11.3 Å². The number of para-hydroxylation sites is 1. The molecule has 0 saturated heterocycles. The first-order valence-corrected chi connectivity index (χ1v) is 13.6. The molecule has 12 heteroatoms. The highest BCUT2D eigenvalue weighted by Crippen LogP contribution is 2.43. The van der Waals surface area contributed by atoms with Crippen molar-refractivity contribution in [3.05, 3.63) is 89.3 Å². The van der Waals surface area contributed by atoms with Crippen molar-refractivity contribution in [1.29, 1.82) is 0 Å². The number of benzene rings is 1. The van der Waals surface area contributed by atoms with Gasteiger partial charge in [0.2, 0.25) is 5.88 Å². The molecule has 5 heterocycles. The second-order valence-electron chi connectivity index (χ2n) is 8.31. The highest BCUT2D eigenvalue weighted by Gasteiger charge is 2.40. The van der Waals surface area contributed by atoms with Crippen molar-refractivity contribution in [3.63, 3.8) is 0 Å². The van der Waals surface area contributed by atoms with Crippen LogP contribution in [0.25, 0.3) is 27.4 Å². The minimum Gasteiger partial charge on any atom is -0.504 e. The first-order valence-electron chi connectivity index (χ1n) is 11.3. The van der Waals surface area contributed by atoms with Gasteiger partial charge in [0, 0.05) is 18.5 Å². The van der Waals surface area contributed by atoms with Crippen molar-refractivity contribution < 1.29 is 31.9 Å². The van der Waals surface area contributed by atoms with Crippen LogP contribution in [0.1, 0.15) is 10.6 Å². The van der Waals surface area contributed by atoms with E-state index in [0.717, 1.165) is 26.6 Å². The number of nitrogens with one attached hydrogen (secondary N) is 1. The predicted molar refractivity (Wildman–Crippen MR) is 140 cm³/mol. The molecule has 0 atom stereocenters. The fraction of sp³-hybridized carbons (Fsp3) is 0.0769. The van der Waals surface area contributed by atoms with Crippen LogP contribution in [0.2, 0.25) is 0 Å². The average Bonchev–Trinajstić information content (AvgIpc) is 3.66. The van der Waals surface area contributed by atoms with Gasteiger partial charge in [-0.2, -0.15) is 4.98 Å². The standard InChI is InChI=1S/C26H19N3O7S2/c1-29-23(24(30)25-20(38(29,32)33)13-19(37-25)18-8-5-11-34-18)26(31)28-21-9-4-10-22(27-21)35-14-16-12-15-6-2-3-7-17(15)36-16/h2-13,30H,14H2,1H3,(H,27,28,31). The lowest BCUT2D eigenvalue weighted by atomic mass is 10.2. The molecule has 0 fully saturated rings. The molecule has 0 spiro atoms. The van der Waals surface area contributed by atoms with E-state index in [9.17, 15) is 18.3 Å². The first-order chi connectivity index (χ1) is 18.3. The Balaban J connectivity index is 1.24. The highest BCUT2D eigenvalue weighted by molar-refractivity contribution is 7.89. The lowest BCUT2D eigenvalue weighted by Crippen LogP contribution is -2.36. The Bertz CT molecular complexity index is 1790. The molecule has 10 nitrogen and oxygen atoms in total. The molecule has 6 rings (SSSR count). The summed E-state index contributed by atoms with van der Waals surface area (Å²) >= 11 is 1.01. The van der Waals surface area contributed by atoms with E-state index < -0.39 is 27.4 Å². The van der Waals surface area contributed by atoms with Gasteiger partial charge in [0.25, 0.3) is 15.9 Å². The number of sulfonamides is 1. The summed E-state index contributed by atoms with van der Waals surface area (Å²) in [6, 6.07) is 19.0. The number of aliphatic hydroxyl groups is 1. The Kier molecular flexibility index (Phi) is 5.69. The molecular formula is C26H19N3O7S2. The Morgan fingerprint density at radius 3 is 2.76 bits per heavy atom. The van der Waals surface area contributed by atoms with Gasteiger partial charge in [0.15, 0.2) is 11.5 Å². The molecule has 1 aliphatic heterocycles. The number of aliphatic hydroxyl groups excluding tert-OH is 1. The third-order valence-corrected chi connectivity index (χ3v) is 8.94. The van der Waals surface area contributed by atoms with Gasteiger partial charge in [-0.25, -0.2) is 8.42 Å². The van der Waals surface area contributed by atoms with Crippen LogP contribution >= 0.6 is 11.3 Å². The molecule has 1 aromatic carbocycles. The van der Waals surface area contributed by atoms with Crippen LogP contribution in [0.15, 0.2) is 92.4 Å². The molecule has 0 saturated carbocycles. The number of nitrogens with zero attached hydrogens (tertiary/aromatic N) is 2. The predicted octanol–water partition coefficient (Wildman–Crippen LogP) is 5.23. The van der Waals surface area contributed by atoms with Gasteiger partial charge in [-0.05, 0) is 36.4 Å². The molecule has 1 amide bonds. The van der Waals surface area contributed by atoms with Crippen LogP contribution in [-0.4, -0.2) is 35.8 Å². The number of amides is 1. The Labute approximate surface area is 220 Å². The third-order valence-electron chi connectivity index (χ3n) is 5.87. The van der Waals surface area contributed by atoms with Gasteiger partial charge in [0.05, 0.1) is 16.0 Å². The van der Waals surface area contributed by atoms with Crippen molar-refractivity contribution in [2.75, 3.05) is 12.4 Å². The molecule has 38 heavy (non-hydrogen) atoms. The minimum absolute atomic E-state index is 0.0514. The van der Waals surface area contributed by atoms with E-state index >= 15 is 0 Å². The van der Waals surface area contributed by atoms with Crippen LogP contribution in [0.5, 0.6) is 5.88 Å².